The molecular formula is C13H16N2O4. The smallest absolute Gasteiger partial charge is 0.270 e. The van der Waals surface area contributed by atoms with Gasteiger partial charge in [-0.15, -0.1) is 0 Å². The maximum Gasteiger partial charge on any atom is 0.270 e. The zero-order valence-corrected chi connectivity index (χ0v) is 10.7. The summed E-state index contributed by atoms with van der Waals surface area (Å²) in [5.41, 5.74) is 0.114. The first kappa shape index (κ1) is 13.3. The first-order chi connectivity index (χ1) is 9.11. The molecule has 0 fully saturated rings. The van der Waals surface area contributed by atoms with Gasteiger partial charge in [0.05, 0.1) is 10.5 Å². The summed E-state index contributed by atoms with van der Waals surface area (Å²) in [6.45, 7) is 2.11. The Morgan fingerprint density at radius 3 is 2.89 bits per heavy atom. The highest BCUT2D eigenvalue weighted by Crippen LogP contribution is 2.28. The molecule has 0 aliphatic carbocycles. The summed E-state index contributed by atoms with van der Waals surface area (Å²) >= 11 is 0. The number of amides is 1. The molecule has 1 aliphatic rings. The molecule has 0 aromatic heterocycles. The lowest BCUT2D eigenvalue weighted by Gasteiger charge is -2.26. The molecule has 0 spiro atoms. The highest BCUT2D eigenvalue weighted by molar-refractivity contribution is 5.98. The monoisotopic (exact) mass is 264 g/mol. The Hall–Kier alpha value is -2.11. The molecule has 1 aromatic carbocycles. The summed E-state index contributed by atoms with van der Waals surface area (Å²) < 4.78 is 5.63. The largest absolute Gasteiger partial charge is 0.470 e. The zero-order valence-electron chi connectivity index (χ0n) is 10.7. The molecular weight excluding hydrogens is 248 g/mol. The van der Waals surface area contributed by atoms with E-state index in [1.807, 2.05) is 0 Å². The van der Waals surface area contributed by atoms with Crippen LogP contribution in [0.5, 0.6) is 5.75 Å². The van der Waals surface area contributed by atoms with Gasteiger partial charge in [-0.1, -0.05) is 19.8 Å². The van der Waals surface area contributed by atoms with Crippen molar-refractivity contribution in [3.63, 3.8) is 0 Å². The van der Waals surface area contributed by atoms with E-state index in [9.17, 15) is 14.9 Å². The number of hydrogen-bond donors (Lipinski definition) is 1. The molecule has 1 atom stereocenters. The molecule has 1 unspecified atom stereocenters. The van der Waals surface area contributed by atoms with Crippen LogP contribution >= 0.6 is 0 Å². The van der Waals surface area contributed by atoms with Crippen LogP contribution in [0.1, 0.15) is 43.0 Å². The SMILES string of the molecule is CCCCCC1NC(=O)c2cc([N+](=O)[O-])ccc2O1. The number of ether oxygens (including phenoxy) is 1. The summed E-state index contributed by atoms with van der Waals surface area (Å²) in [6, 6.07) is 4.08. The van der Waals surface area contributed by atoms with Gasteiger partial charge in [0.1, 0.15) is 5.75 Å². The number of carbonyl (C=O) groups is 1. The average molecular weight is 264 g/mol. The first-order valence-corrected chi connectivity index (χ1v) is 6.37. The second-order valence-electron chi connectivity index (χ2n) is 4.51. The molecule has 1 amide bonds. The fourth-order valence-electron chi connectivity index (χ4n) is 2.03. The molecule has 102 valence electrons. The van der Waals surface area contributed by atoms with Gasteiger partial charge >= 0.3 is 0 Å². The van der Waals surface area contributed by atoms with Crippen LogP contribution in [-0.2, 0) is 0 Å². The lowest BCUT2D eigenvalue weighted by molar-refractivity contribution is -0.384. The number of unbranched alkanes of at least 4 members (excludes halogenated alkanes) is 2. The third kappa shape index (κ3) is 3.01. The third-order valence-electron chi connectivity index (χ3n) is 3.05. The highest BCUT2D eigenvalue weighted by Gasteiger charge is 2.26. The van der Waals surface area contributed by atoms with E-state index in [1.165, 1.54) is 18.2 Å². The van der Waals surface area contributed by atoms with Crippen LogP contribution < -0.4 is 10.1 Å². The number of hydrogen-bond acceptors (Lipinski definition) is 4. The Bertz CT molecular complexity index is 501. The summed E-state index contributed by atoms with van der Waals surface area (Å²) in [4.78, 5) is 22.0. The van der Waals surface area contributed by atoms with E-state index in [0.29, 0.717) is 5.75 Å². The van der Waals surface area contributed by atoms with Crippen LogP contribution in [0.3, 0.4) is 0 Å². The molecule has 19 heavy (non-hydrogen) atoms. The quantitative estimate of drug-likeness (QED) is 0.503. The van der Waals surface area contributed by atoms with Crippen molar-refractivity contribution in [1.29, 1.82) is 0 Å². The Balaban J connectivity index is 2.12. The van der Waals surface area contributed by atoms with Gasteiger partial charge in [0.2, 0.25) is 0 Å². The van der Waals surface area contributed by atoms with Crippen LogP contribution in [0.4, 0.5) is 5.69 Å². The average Bonchev–Trinajstić information content (AvgIpc) is 2.38. The molecule has 0 saturated carbocycles. The zero-order chi connectivity index (χ0) is 13.8. The number of nitro benzene ring substituents is 1. The third-order valence-corrected chi connectivity index (χ3v) is 3.05. The predicted molar refractivity (Wildman–Crippen MR) is 69.1 cm³/mol. The summed E-state index contributed by atoms with van der Waals surface area (Å²) in [7, 11) is 0. The van der Waals surface area contributed by atoms with Gasteiger partial charge in [0, 0.05) is 18.6 Å². The summed E-state index contributed by atoms with van der Waals surface area (Å²) in [5, 5.41) is 13.4. The Morgan fingerprint density at radius 1 is 1.42 bits per heavy atom. The number of nitro groups is 1. The van der Waals surface area contributed by atoms with Crippen LogP contribution in [0.25, 0.3) is 0 Å². The molecule has 1 heterocycles. The lowest BCUT2D eigenvalue weighted by Crippen LogP contribution is -2.43. The van der Waals surface area contributed by atoms with E-state index in [1.54, 1.807) is 0 Å². The van der Waals surface area contributed by atoms with Crippen molar-refractivity contribution in [2.45, 2.75) is 38.8 Å². The van der Waals surface area contributed by atoms with Crippen LogP contribution in [0.15, 0.2) is 18.2 Å². The van der Waals surface area contributed by atoms with Crippen molar-refractivity contribution in [3.8, 4) is 5.75 Å². The Morgan fingerprint density at radius 2 is 2.21 bits per heavy atom. The molecule has 0 radical (unpaired) electrons. The molecule has 6 heteroatoms. The Kier molecular flexibility index (Phi) is 3.99. The number of carbonyl (C=O) groups excluding carboxylic acids is 1. The van der Waals surface area contributed by atoms with Crippen molar-refractivity contribution in [1.82, 2.24) is 5.32 Å². The minimum absolute atomic E-state index is 0.109. The topological polar surface area (TPSA) is 81.5 Å². The molecule has 0 bridgehead atoms. The predicted octanol–water partition coefficient (Wildman–Crippen LogP) is 2.62. The van der Waals surface area contributed by atoms with Crippen LogP contribution in [0, 0.1) is 10.1 Å². The van der Waals surface area contributed by atoms with Gasteiger partial charge in [-0.05, 0) is 12.5 Å². The van der Waals surface area contributed by atoms with Gasteiger partial charge < -0.3 is 10.1 Å². The fourth-order valence-corrected chi connectivity index (χ4v) is 2.03. The number of nitrogens with zero attached hydrogens (tertiary/aromatic N) is 1. The van der Waals surface area contributed by atoms with Crippen molar-refractivity contribution >= 4 is 11.6 Å². The number of benzene rings is 1. The number of non-ortho nitro benzene ring substituents is 1. The number of fused-ring (bicyclic) bond motifs is 1. The summed E-state index contributed by atoms with van der Waals surface area (Å²) in [5.74, 6) is 0.0993. The minimum atomic E-state index is -0.527. The van der Waals surface area contributed by atoms with Gasteiger partial charge in [-0.25, -0.2) is 0 Å². The molecule has 1 aromatic rings. The highest BCUT2D eigenvalue weighted by atomic mass is 16.6. The second-order valence-corrected chi connectivity index (χ2v) is 4.51. The van der Waals surface area contributed by atoms with E-state index < -0.39 is 4.92 Å². The van der Waals surface area contributed by atoms with Gasteiger partial charge in [-0.2, -0.15) is 0 Å². The number of nitrogens with one attached hydrogen (secondary N) is 1. The van der Waals surface area contributed by atoms with E-state index >= 15 is 0 Å². The van der Waals surface area contributed by atoms with Gasteiger partial charge in [-0.3, -0.25) is 14.9 Å². The van der Waals surface area contributed by atoms with E-state index in [0.717, 1.165) is 25.7 Å². The Labute approximate surface area is 110 Å². The fraction of sp³-hybridized carbons (Fsp3) is 0.462. The lowest BCUT2D eigenvalue weighted by atomic mass is 10.1. The van der Waals surface area contributed by atoms with Crippen LogP contribution in [-0.4, -0.2) is 17.1 Å². The standard InChI is InChI=1S/C13H16N2O4/c1-2-3-4-5-12-14-13(16)10-8-9(15(17)18)6-7-11(10)19-12/h6-8,12H,2-5H2,1H3,(H,14,16). The maximum absolute atomic E-state index is 11.9. The van der Waals surface area contributed by atoms with Crippen molar-refractivity contribution in [3.05, 3.63) is 33.9 Å². The second kappa shape index (κ2) is 5.69. The molecule has 0 saturated heterocycles. The van der Waals surface area contributed by atoms with Crippen molar-refractivity contribution in [2.24, 2.45) is 0 Å². The molecule has 1 aliphatic heterocycles. The number of rotatable bonds is 5. The maximum atomic E-state index is 11.9. The first-order valence-electron chi connectivity index (χ1n) is 6.37. The summed E-state index contributed by atoms with van der Waals surface area (Å²) in [6.07, 6.45) is 3.57. The normalized spacial score (nSPS) is 17.3. The van der Waals surface area contributed by atoms with Crippen molar-refractivity contribution in [2.75, 3.05) is 0 Å². The van der Waals surface area contributed by atoms with Gasteiger partial charge in [0.15, 0.2) is 6.23 Å². The van der Waals surface area contributed by atoms with E-state index in [4.69, 9.17) is 4.74 Å². The molecule has 1 N–H and O–H groups in total. The molecule has 6 nitrogen and oxygen atoms in total. The van der Waals surface area contributed by atoms with Gasteiger partial charge in [0.25, 0.3) is 11.6 Å². The van der Waals surface area contributed by atoms with Crippen molar-refractivity contribution < 1.29 is 14.5 Å². The van der Waals surface area contributed by atoms with Crippen LogP contribution in [0.2, 0.25) is 0 Å². The van der Waals surface area contributed by atoms with E-state index in [-0.39, 0.29) is 23.4 Å². The van der Waals surface area contributed by atoms with E-state index in [2.05, 4.69) is 12.2 Å². The molecule has 2 rings (SSSR count). The minimum Gasteiger partial charge on any atom is -0.470 e.